The molecule has 0 aromatic heterocycles. The second-order valence-electron chi connectivity index (χ2n) is 7.51. The van der Waals surface area contributed by atoms with Gasteiger partial charge in [-0.2, -0.15) is 0 Å². The number of carbonyl (C=O) groups is 3. The summed E-state index contributed by atoms with van der Waals surface area (Å²) in [6, 6.07) is -0.718. The Morgan fingerprint density at radius 3 is 2.00 bits per heavy atom. The minimum atomic E-state index is -0.720. The van der Waals surface area contributed by atoms with Crippen LogP contribution in [0.4, 0.5) is 0 Å². The van der Waals surface area contributed by atoms with Crippen LogP contribution in [0.15, 0.2) is 0 Å². The predicted molar refractivity (Wildman–Crippen MR) is 100 cm³/mol. The first-order valence-corrected chi connectivity index (χ1v) is 9.61. The smallest absolute Gasteiger partial charge is 0.257 e. The molecule has 0 unspecified atom stereocenters. The van der Waals surface area contributed by atoms with Crippen molar-refractivity contribution in [1.29, 1.82) is 0 Å². The number of hydrogen-bond donors (Lipinski definition) is 4. The molecule has 3 atom stereocenters. The summed E-state index contributed by atoms with van der Waals surface area (Å²) >= 11 is 1.30. The van der Waals surface area contributed by atoms with Crippen molar-refractivity contribution < 1.29 is 19.6 Å². The van der Waals surface area contributed by atoms with Crippen molar-refractivity contribution >= 4 is 29.5 Å². The van der Waals surface area contributed by atoms with Gasteiger partial charge in [-0.15, -0.1) is 11.8 Å². The molecule has 7 nitrogen and oxygen atoms in total. The molecule has 25 heavy (non-hydrogen) atoms. The molecule has 0 spiro atoms. The Hall–Kier alpha value is -1.28. The summed E-state index contributed by atoms with van der Waals surface area (Å²) in [7, 11) is 1.52. The molecule has 0 aliphatic rings. The molecule has 0 saturated carbocycles. The van der Waals surface area contributed by atoms with Crippen LogP contribution in [0.5, 0.6) is 0 Å². The van der Waals surface area contributed by atoms with Crippen LogP contribution in [0, 0.1) is 17.3 Å². The van der Waals surface area contributed by atoms with E-state index in [1.54, 1.807) is 5.48 Å². The Morgan fingerprint density at radius 2 is 1.64 bits per heavy atom. The summed E-state index contributed by atoms with van der Waals surface area (Å²) in [5.74, 6) is -1.08. The van der Waals surface area contributed by atoms with Gasteiger partial charge in [-0.05, 0) is 23.5 Å². The molecule has 0 bridgehead atoms. The second-order valence-corrected chi connectivity index (χ2v) is 8.93. The molecule has 8 heteroatoms. The molecule has 3 amide bonds. The van der Waals surface area contributed by atoms with Crippen LogP contribution in [0.1, 0.15) is 48.0 Å². The average molecular weight is 376 g/mol. The minimum Gasteiger partial charge on any atom is -0.357 e. The average Bonchev–Trinajstić information content (AvgIpc) is 2.52. The zero-order valence-corrected chi connectivity index (χ0v) is 17.1. The van der Waals surface area contributed by atoms with E-state index in [0.29, 0.717) is 12.2 Å². The van der Waals surface area contributed by atoms with Gasteiger partial charge in [0.2, 0.25) is 11.8 Å². The van der Waals surface area contributed by atoms with E-state index in [1.807, 2.05) is 41.5 Å². The molecule has 0 fully saturated rings. The Bertz CT molecular complexity index is 463. The Morgan fingerprint density at radius 1 is 1.08 bits per heavy atom. The van der Waals surface area contributed by atoms with E-state index in [4.69, 9.17) is 5.21 Å². The van der Waals surface area contributed by atoms with Crippen molar-refractivity contribution in [2.24, 2.45) is 17.3 Å². The fourth-order valence-corrected chi connectivity index (χ4v) is 3.59. The summed E-state index contributed by atoms with van der Waals surface area (Å²) in [5, 5.41) is 13.7. The zero-order valence-electron chi connectivity index (χ0n) is 16.3. The summed E-state index contributed by atoms with van der Waals surface area (Å²) in [4.78, 5) is 37.2. The van der Waals surface area contributed by atoms with Gasteiger partial charge in [-0.3, -0.25) is 19.6 Å². The highest BCUT2D eigenvalue weighted by Gasteiger charge is 2.38. The molecular formula is C17H33N3O4S. The fraction of sp³-hybridized carbons (Fsp3) is 0.824. The van der Waals surface area contributed by atoms with Crippen molar-refractivity contribution in [3.05, 3.63) is 0 Å². The van der Waals surface area contributed by atoms with E-state index in [-0.39, 0.29) is 17.7 Å². The zero-order chi connectivity index (χ0) is 19.8. The van der Waals surface area contributed by atoms with Crippen LogP contribution in [0.3, 0.4) is 0 Å². The van der Waals surface area contributed by atoms with Gasteiger partial charge in [-0.25, -0.2) is 5.48 Å². The molecule has 4 N–H and O–H groups in total. The first-order chi connectivity index (χ1) is 11.5. The maximum Gasteiger partial charge on any atom is 0.257 e. The van der Waals surface area contributed by atoms with Crippen molar-refractivity contribution in [3.8, 4) is 0 Å². The number of nitrogens with one attached hydrogen (secondary N) is 3. The minimum absolute atomic E-state index is 0.176. The van der Waals surface area contributed by atoms with Gasteiger partial charge >= 0.3 is 0 Å². The van der Waals surface area contributed by atoms with Crippen LogP contribution in [0.2, 0.25) is 0 Å². The monoisotopic (exact) mass is 375 g/mol. The topological polar surface area (TPSA) is 108 Å². The highest BCUT2D eigenvalue weighted by atomic mass is 32.2. The molecular weight excluding hydrogens is 342 g/mol. The Balaban J connectivity index is 5.59. The summed E-state index contributed by atoms with van der Waals surface area (Å²) < 4.78 is 0. The lowest BCUT2D eigenvalue weighted by atomic mass is 9.85. The number of likely N-dealkylation sites (N-methyl/N-ethyl adjacent to an activating group) is 1. The van der Waals surface area contributed by atoms with E-state index in [2.05, 4.69) is 10.6 Å². The lowest BCUT2D eigenvalue weighted by molar-refractivity contribution is -0.137. The predicted octanol–water partition coefficient (Wildman–Crippen LogP) is 1.55. The molecule has 146 valence electrons. The lowest BCUT2D eigenvalue weighted by Crippen LogP contribution is -2.56. The van der Waals surface area contributed by atoms with Crippen LogP contribution in [0.25, 0.3) is 0 Å². The van der Waals surface area contributed by atoms with E-state index < -0.39 is 28.5 Å². The summed E-state index contributed by atoms with van der Waals surface area (Å²) in [6.45, 7) is 11.4. The second kappa shape index (κ2) is 10.7. The van der Waals surface area contributed by atoms with Crippen molar-refractivity contribution in [1.82, 2.24) is 16.1 Å². The molecule has 0 aromatic carbocycles. The van der Waals surface area contributed by atoms with Gasteiger partial charge in [-0.1, -0.05) is 41.5 Å². The molecule has 0 saturated heterocycles. The van der Waals surface area contributed by atoms with Gasteiger partial charge in [0.15, 0.2) is 0 Å². The number of amides is 3. The summed E-state index contributed by atoms with van der Waals surface area (Å²) in [6.07, 6.45) is 0.474. The maximum atomic E-state index is 12.9. The molecule has 0 aromatic rings. The third kappa shape index (κ3) is 7.64. The van der Waals surface area contributed by atoms with Crippen LogP contribution >= 0.6 is 11.8 Å². The van der Waals surface area contributed by atoms with Crippen LogP contribution in [-0.2, 0) is 14.4 Å². The van der Waals surface area contributed by atoms with Crippen molar-refractivity contribution in [2.45, 2.75) is 59.3 Å². The van der Waals surface area contributed by atoms with E-state index in [9.17, 15) is 14.4 Å². The third-order valence-corrected chi connectivity index (χ3v) is 5.04. The number of hydroxylamine groups is 1. The lowest BCUT2D eigenvalue weighted by Gasteiger charge is -2.33. The maximum absolute atomic E-state index is 12.9. The normalized spacial score (nSPS) is 15.2. The third-order valence-electron chi connectivity index (χ3n) is 3.80. The number of hydrogen-bond acceptors (Lipinski definition) is 5. The van der Waals surface area contributed by atoms with Gasteiger partial charge < -0.3 is 10.6 Å². The molecule has 0 aliphatic carbocycles. The largest absolute Gasteiger partial charge is 0.357 e. The Kier molecular flexibility index (Phi) is 10.1. The number of thioether (sulfide) groups is 1. The van der Waals surface area contributed by atoms with E-state index in [0.717, 1.165) is 0 Å². The SMILES string of the molecule is CCS[C@H](C(=O)NO)[C@H](CC(C)C)C(=O)N[C@H](C(=O)NC)C(C)(C)C. The van der Waals surface area contributed by atoms with E-state index >= 15 is 0 Å². The molecule has 0 heterocycles. The molecule has 0 radical (unpaired) electrons. The van der Waals surface area contributed by atoms with Gasteiger partial charge in [0.05, 0.1) is 11.2 Å². The first kappa shape index (κ1) is 23.7. The van der Waals surface area contributed by atoms with Crippen molar-refractivity contribution in [3.63, 3.8) is 0 Å². The first-order valence-electron chi connectivity index (χ1n) is 8.57. The van der Waals surface area contributed by atoms with Crippen LogP contribution < -0.4 is 16.1 Å². The quantitative estimate of drug-likeness (QED) is 0.361. The summed E-state index contributed by atoms with van der Waals surface area (Å²) in [5.41, 5.74) is 1.18. The van der Waals surface area contributed by atoms with Crippen LogP contribution in [-0.4, -0.2) is 47.0 Å². The number of carbonyl (C=O) groups excluding carboxylic acids is 3. The standard InChI is InChI=1S/C17H33N3O4S/c1-8-25-12(15(22)20-24)11(9-10(2)3)14(21)19-13(16(23)18-7)17(4,5)6/h10-13,24H,8-9H2,1-7H3,(H,18,23)(H,19,21)(H,20,22)/t11-,12-,13+/m0/s1. The highest BCUT2D eigenvalue weighted by molar-refractivity contribution is 8.00. The van der Waals surface area contributed by atoms with Gasteiger partial charge in [0.1, 0.15) is 6.04 Å². The Labute approximate surface area is 155 Å². The van der Waals surface area contributed by atoms with Gasteiger partial charge in [0, 0.05) is 7.05 Å². The van der Waals surface area contributed by atoms with E-state index in [1.165, 1.54) is 18.8 Å². The highest BCUT2D eigenvalue weighted by Crippen LogP contribution is 2.28. The fourth-order valence-electron chi connectivity index (χ4n) is 2.56. The van der Waals surface area contributed by atoms with Crippen molar-refractivity contribution in [2.75, 3.05) is 12.8 Å². The van der Waals surface area contributed by atoms with Gasteiger partial charge in [0.25, 0.3) is 5.91 Å². The molecule has 0 rings (SSSR count). The molecule has 0 aliphatic heterocycles. The number of rotatable bonds is 9.